The molecule has 0 amide bonds. The number of tetrazole rings is 1. The first-order valence-electron chi connectivity index (χ1n) is 11.1. The zero-order chi connectivity index (χ0) is 22.8. The summed E-state index contributed by atoms with van der Waals surface area (Å²) in [4.78, 5) is 17.6. The predicted octanol–water partition coefficient (Wildman–Crippen LogP) is 0.884. The van der Waals surface area contributed by atoms with Crippen molar-refractivity contribution in [3.63, 3.8) is 0 Å². The first-order valence-corrected chi connectivity index (χ1v) is 11.1. The van der Waals surface area contributed by atoms with E-state index in [1.807, 2.05) is 55.5 Å². The van der Waals surface area contributed by atoms with Gasteiger partial charge in [0, 0.05) is 0 Å². The normalized spacial score (nSPS) is 15.6. The topological polar surface area (TPSA) is 99.4 Å². The number of aromatic nitrogens is 5. The van der Waals surface area contributed by atoms with Gasteiger partial charge in [-0.3, -0.25) is 4.79 Å². The van der Waals surface area contributed by atoms with E-state index >= 15 is 0 Å². The third kappa shape index (κ3) is 4.24. The smallest absolute Gasteiger partial charge is 0.258 e. The lowest BCUT2D eigenvalue weighted by Gasteiger charge is -2.30. The van der Waals surface area contributed by atoms with E-state index in [0.717, 1.165) is 40.9 Å². The summed E-state index contributed by atoms with van der Waals surface area (Å²) in [7, 11) is 1.65. The molecule has 1 fully saturated rings. The van der Waals surface area contributed by atoms with Gasteiger partial charge in [-0.2, -0.15) is 0 Å². The molecule has 2 aromatic carbocycles. The number of fused-ring (bicyclic) bond motifs is 1. The summed E-state index contributed by atoms with van der Waals surface area (Å²) < 4.78 is 12.6. The van der Waals surface area contributed by atoms with Gasteiger partial charge in [0.2, 0.25) is 5.82 Å². The van der Waals surface area contributed by atoms with Crippen molar-refractivity contribution >= 4 is 10.9 Å². The molecule has 1 saturated heterocycles. The largest absolute Gasteiger partial charge is 0.497 e. The molecule has 0 unspecified atom stereocenters. The summed E-state index contributed by atoms with van der Waals surface area (Å²) in [5, 5.41) is 13.6. The van der Waals surface area contributed by atoms with Crippen LogP contribution in [0.15, 0.2) is 53.3 Å². The number of ether oxygens (including phenoxy) is 2. The van der Waals surface area contributed by atoms with Gasteiger partial charge in [-0.15, -0.1) is 5.10 Å². The third-order valence-corrected chi connectivity index (χ3v) is 6.28. The number of quaternary nitrogens is 1. The molecular formula is C24H27N6O3+. The molecule has 170 valence electrons. The Bertz CT molecular complexity index is 1310. The van der Waals surface area contributed by atoms with Crippen LogP contribution in [0, 0.1) is 6.92 Å². The van der Waals surface area contributed by atoms with Gasteiger partial charge in [0.1, 0.15) is 18.8 Å². The Kier molecular flexibility index (Phi) is 5.89. The van der Waals surface area contributed by atoms with Crippen LogP contribution in [0.4, 0.5) is 0 Å². The molecule has 0 saturated carbocycles. The number of nitrogens with zero attached hydrogens (tertiary/aromatic N) is 4. The minimum Gasteiger partial charge on any atom is -0.497 e. The van der Waals surface area contributed by atoms with Crippen LogP contribution < -0.4 is 15.2 Å². The van der Waals surface area contributed by atoms with Gasteiger partial charge < -0.3 is 19.4 Å². The molecule has 0 aliphatic carbocycles. The third-order valence-electron chi connectivity index (χ3n) is 6.28. The monoisotopic (exact) mass is 447 g/mol. The fourth-order valence-electron chi connectivity index (χ4n) is 4.51. The fraction of sp³-hybridized carbons (Fsp3) is 0.333. The maximum Gasteiger partial charge on any atom is 0.258 e. The standard InChI is InChI=1S/C24H26N6O3/c1-16-4-3-5-18-14-20(24(31)25-21(16)18)22(29-10-12-33-13-11-29)23-26-27-28-30(23)15-17-6-8-19(32-2)9-7-17/h3-9,14,22H,10-13,15H2,1-2H3,(H,25,31)/p+1/t22-/m0/s1. The van der Waals surface area contributed by atoms with Crippen LogP contribution in [0.5, 0.6) is 5.75 Å². The molecule has 0 spiro atoms. The van der Waals surface area contributed by atoms with Gasteiger partial charge in [0.25, 0.3) is 5.56 Å². The number of H-pyrrole nitrogens is 1. The van der Waals surface area contributed by atoms with E-state index in [9.17, 15) is 4.79 Å². The molecule has 9 heteroatoms. The van der Waals surface area contributed by atoms with Crippen molar-refractivity contribution in [1.29, 1.82) is 0 Å². The number of methoxy groups -OCH3 is 1. The second-order valence-corrected chi connectivity index (χ2v) is 8.34. The van der Waals surface area contributed by atoms with E-state index in [-0.39, 0.29) is 11.6 Å². The molecule has 2 N–H and O–H groups in total. The molecule has 1 aliphatic heterocycles. The Morgan fingerprint density at radius 1 is 1.18 bits per heavy atom. The predicted molar refractivity (Wildman–Crippen MR) is 123 cm³/mol. The van der Waals surface area contributed by atoms with Gasteiger partial charge in [-0.25, -0.2) is 4.68 Å². The Hall–Kier alpha value is -3.56. The second-order valence-electron chi connectivity index (χ2n) is 8.34. The Balaban J connectivity index is 1.59. The van der Waals surface area contributed by atoms with E-state index in [2.05, 4.69) is 20.5 Å². The van der Waals surface area contributed by atoms with Gasteiger partial charge in [0.15, 0.2) is 6.04 Å². The molecule has 0 bridgehead atoms. The highest BCUT2D eigenvalue weighted by atomic mass is 16.5. The summed E-state index contributed by atoms with van der Waals surface area (Å²) >= 11 is 0. The highest BCUT2D eigenvalue weighted by Gasteiger charge is 2.35. The highest BCUT2D eigenvalue weighted by molar-refractivity contribution is 5.82. The molecule has 9 nitrogen and oxygen atoms in total. The lowest BCUT2D eigenvalue weighted by Crippen LogP contribution is -3.14. The summed E-state index contributed by atoms with van der Waals surface area (Å²) in [6.07, 6.45) is 0. The Morgan fingerprint density at radius 3 is 2.73 bits per heavy atom. The highest BCUT2D eigenvalue weighted by Crippen LogP contribution is 2.21. The number of hydrogen-bond donors (Lipinski definition) is 2. The van der Waals surface area contributed by atoms with Gasteiger partial charge >= 0.3 is 0 Å². The van der Waals surface area contributed by atoms with Crippen LogP contribution in [-0.4, -0.2) is 58.6 Å². The maximum absolute atomic E-state index is 13.3. The summed E-state index contributed by atoms with van der Waals surface area (Å²) in [6.45, 7) is 5.30. The fourth-order valence-corrected chi connectivity index (χ4v) is 4.51. The van der Waals surface area contributed by atoms with Gasteiger partial charge in [-0.05, 0) is 52.1 Å². The number of morpholine rings is 1. The molecule has 5 rings (SSSR count). The van der Waals surface area contributed by atoms with Crippen molar-refractivity contribution in [3.05, 3.63) is 81.4 Å². The van der Waals surface area contributed by atoms with Crippen molar-refractivity contribution in [1.82, 2.24) is 25.2 Å². The second kappa shape index (κ2) is 9.13. The SMILES string of the molecule is COc1ccc(Cn2nnnc2[C@H](c2cc3cccc(C)c3[nH]c2=O)[NH+]2CCOCC2)cc1. The van der Waals surface area contributed by atoms with Crippen LogP contribution in [0.2, 0.25) is 0 Å². The van der Waals surface area contributed by atoms with E-state index in [4.69, 9.17) is 9.47 Å². The first-order chi connectivity index (χ1) is 16.1. The zero-order valence-corrected chi connectivity index (χ0v) is 18.7. The van der Waals surface area contributed by atoms with Gasteiger partial charge in [0.05, 0.1) is 37.9 Å². The number of hydrogen-bond acceptors (Lipinski definition) is 6. The zero-order valence-electron chi connectivity index (χ0n) is 18.7. The van der Waals surface area contributed by atoms with E-state index in [0.29, 0.717) is 31.1 Å². The molecule has 1 atom stereocenters. The lowest BCUT2D eigenvalue weighted by molar-refractivity contribution is -0.933. The van der Waals surface area contributed by atoms with E-state index in [1.165, 1.54) is 4.90 Å². The Labute approximate surface area is 190 Å². The van der Waals surface area contributed by atoms with Crippen molar-refractivity contribution < 1.29 is 14.4 Å². The van der Waals surface area contributed by atoms with E-state index in [1.54, 1.807) is 11.8 Å². The first kappa shape index (κ1) is 21.3. The number of nitrogens with one attached hydrogen (secondary N) is 2. The van der Waals surface area contributed by atoms with Crippen LogP contribution in [0.1, 0.15) is 28.6 Å². The molecule has 0 radical (unpaired) electrons. The number of pyridine rings is 1. The number of aryl methyl sites for hydroxylation is 1. The average Bonchev–Trinajstić information content (AvgIpc) is 3.29. The number of para-hydroxylation sites is 1. The minimum absolute atomic E-state index is 0.111. The van der Waals surface area contributed by atoms with Crippen molar-refractivity contribution in [3.8, 4) is 5.75 Å². The van der Waals surface area contributed by atoms with Crippen molar-refractivity contribution in [2.24, 2.45) is 0 Å². The molecule has 33 heavy (non-hydrogen) atoms. The lowest BCUT2D eigenvalue weighted by atomic mass is 10.0. The molecule has 4 aromatic rings. The minimum atomic E-state index is -0.309. The van der Waals surface area contributed by atoms with Crippen LogP contribution in [-0.2, 0) is 11.3 Å². The number of rotatable bonds is 6. The average molecular weight is 448 g/mol. The molecule has 3 heterocycles. The maximum atomic E-state index is 13.3. The van der Waals surface area contributed by atoms with Crippen LogP contribution in [0.3, 0.4) is 0 Å². The van der Waals surface area contributed by atoms with Crippen LogP contribution in [0.25, 0.3) is 10.9 Å². The molecular weight excluding hydrogens is 420 g/mol. The van der Waals surface area contributed by atoms with Crippen molar-refractivity contribution in [2.45, 2.75) is 19.5 Å². The molecule has 1 aliphatic rings. The van der Waals surface area contributed by atoms with Crippen LogP contribution >= 0.6 is 0 Å². The quantitative estimate of drug-likeness (QED) is 0.455. The number of aromatic amines is 1. The Morgan fingerprint density at radius 2 is 1.97 bits per heavy atom. The number of benzene rings is 2. The molecule has 2 aromatic heterocycles. The summed E-state index contributed by atoms with van der Waals surface area (Å²) in [5.41, 5.74) is 3.49. The summed E-state index contributed by atoms with van der Waals surface area (Å²) in [6, 6.07) is 15.5. The van der Waals surface area contributed by atoms with Crippen molar-refractivity contribution in [2.75, 3.05) is 33.4 Å². The summed E-state index contributed by atoms with van der Waals surface area (Å²) in [5.74, 6) is 1.46. The van der Waals surface area contributed by atoms with Gasteiger partial charge in [-0.1, -0.05) is 30.3 Å². The van der Waals surface area contributed by atoms with E-state index < -0.39 is 0 Å².